The highest BCUT2D eigenvalue weighted by Gasteiger charge is 2.24. The molecule has 2 heterocycles. The number of carbonyl (C=O) groups excluding carboxylic acids is 1. The minimum atomic E-state index is 0.0490. The highest BCUT2D eigenvalue weighted by atomic mass is 79.9. The summed E-state index contributed by atoms with van der Waals surface area (Å²) in [7, 11) is 4.16. The van der Waals surface area contributed by atoms with Gasteiger partial charge in [-0.05, 0) is 36.1 Å². The Labute approximate surface area is 122 Å². The Morgan fingerprint density at radius 3 is 2.58 bits per heavy atom. The molecule has 0 radical (unpaired) electrons. The second-order valence-corrected chi connectivity index (χ2v) is 5.77. The van der Waals surface area contributed by atoms with Crippen LogP contribution in [0.15, 0.2) is 21.4 Å². The standard InChI is InChI=1S/C13H20BrN3O2/c1-15(2)4-5-16-6-8-17(9-7-16)13(18)11-3-10-19-12(11)14/h3,10H,4-9H2,1-2H3. The molecule has 1 aromatic heterocycles. The van der Waals surface area contributed by atoms with E-state index in [0.29, 0.717) is 10.2 Å². The first kappa shape index (κ1) is 14.6. The molecule has 6 heteroatoms. The van der Waals surface area contributed by atoms with E-state index in [1.54, 1.807) is 6.07 Å². The van der Waals surface area contributed by atoms with Crippen molar-refractivity contribution in [3.8, 4) is 0 Å². The van der Waals surface area contributed by atoms with Crippen LogP contribution >= 0.6 is 15.9 Å². The van der Waals surface area contributed by atoms with E-state index in [0.717, 1.165) is 39.3 Å². The van der Waals surface area contributed by atoms with Gasteiger partial charge in [0.2, 0.25) is 0 Å². The molecule has 19 heavy (non-hydrogen) atoms. The quantitative estimate of drug-likeness (QED) is 0.836. The lowest BCUT2D eigenvalue weighted by Crippen LogP contribution is -2.49. The van der Waals surface area contributed by atoms with Crippen molar-refractivity contribution in [3.05, 3.63) is 22.6 Å². The number of nitrogens with zero attached hydrogens (tertiary/aromatic N) is 3. The second-order valence-electron chi connectivity index (χ2n) is 5.05. The second kappa shape index (κ2) is 6.54. The van der Waals surface area contributed by atoms with Gasteiger partial charge in [0.05, 0.1) is 11.8 Å². The molecule has 0 bridgehead atoms. The van der Waals surface area contributed by atoms with E-state index in [1.807, 2.05) is 4.90 Å². The first-order chi connectivity index (χ1) is 9.08. The third kappa shape index (κ3) is 3.81. The van der Waals surface area contributed by atoms with Crippen LogP contribution in [-0.2, 0) is 0 Å². The molecule has 2 rings (SSSR count). The van der Waals surface area contributed by atoms with Gasteiger partial charge in [0.25, 0.3) is 5.91 Å². The van der Waals surface area contributed by atoms with Crippen LogP contribution in [0.5, 0.6) is 0 Å². The van der Waals surface area contributed by atoms with Crippen LogP contribution in [0.2, 0.25) is 0 Å². The molecule has 0 unspecified atom stereocenters. The van der Waals surface area contributed by atoms with E-state index < -0.39 is 0 Å². The fourth-order valence-corrected chi connectivity index (χ4v) is 2.54. The molecule has 1 saturated heterocycles. The molecule has 1 aliphatic heterocycles. The molecular weight excluding hydrogens is 310 g/mol. The Morgan fingerprint density at radius 1 is 1.37 bits per heavy atom. The monoisotopic (exact) mass is 329 g/mol. The van der Waals surface area contributed by atoms with Crippen LogP contribution in [0.1, 0.15) is 10.4 Å². The van der Waals surface area contributed by atoms with Crippen molar-refractivity contribution in [2.24, 2.45) is 0 Å². The summed E-state index contributed by atoms with van der Waals surface area (Å²) in [6, 6.07) is 1.71. The number of amides is 1. The summed E-state index contributed by atoms with van der Waals surface area (Å²) >= 11 is 3.26. The van der Waals surface area contributed by atoms with Crippen molar-refractivity contribution in [2.75, 3.05) is 53.4 Å². The number of carbonyl (C=O) groups is 1. The zero-order valence-corrected chi connectivity index (χ0v) is 13.0. The average Bonchev–Trinajstić information content (AvgIpc) is 2.82. The highest BCUT2D eigenvalue weighted by Crippen LogP contribution is 2.20. The molecule has 106 valence electrons. The SMILES string of the molecule is CN(C)CCN1CCN(C(=O)c2ccoc2Br)CC1. The minimum absolute atomic E-state index is 0.0490. The van der Waals surface area contributed by atoms with Crippen LogP contribution < -0.4 is 0 Å². The molecule has 1 aromatic rings. The van der Waals surface area contributed by atoms with Gasteiger partial charge >= 0.3 is 0 Å². The predicted octanol–water partition coefficient (Wildman–Crippen LogP) is 1.36. The van der Waals surface area contributed by atoms with Gasteiger partial charge in [-0.3, -0.25) is 9.69 Å². The van der Waals surface area contributed by atoms with E-state index in [4.69, 9.17) is 4.42 Å². The maximum atomic E-state index is 12.3. The normalized spacial score (nSPS) is 17.2. The van der Waals surface area contributed by atoms with Gasteiger partial charge in [0.1, 0.15) is 0 Å². The van der Waals surface area contributed by atoms with Crippen molar-refractivity contribution < 1.29 is 9.21 Å². The molecule has 1 fully saturated rings. The first-order valence-corrected chi connectivity index (χ1v) is 7.26. The molecular formula is C13H20BrN3O2. The minimum Gasteiger partial charge on any atom is -0.457 e. The van der Waals surface area contributed by atoms with Crippen LogP contribution in [0, 0.1) is 0 Å². The Balaban J connectivity index is 1.83. The number of piperazine rings is 1. The van der Waals surface area contributed by atoms with Crippen molar-refractivity contribution in [3.63, 3.8) is 0 Å². The molecule has 0 N–H and O–H groups in total. The lowest BCUT2D eigenvalue weighted by atomic mass is 10.2. The summed E-state index contributed by atoms with van der Waals surface area (Å²) in [6.07, 6.45) is 1.53. The Kier molecular flexibility index (Phi) is 5.01. The Hall–Kier alpha value is -0.850. The third-order valence-electron chi connectivity index (χ3n) is 3.37. The molecule has 0 aromatic carbocycles. The van der Waals surface area contributed by atoms with Crippen LogP contribution in [-0.4, -0.2) is 74.0 Å². The molecule has 0 spiro atoms. The zero-order valence-electron chi connectivity index (χ0n) is 11.4. The smallest absolute Gasteiger partial charge is 0.258 e. The lowest BCUT2D eigenvalue weighted by Gasteiger charge is -2.35. The number of furan rings is 1. The van der Waals surface area contributed by atoms with Gasteiger partial charge in [-0.2, -0.15) is 0 Å². The molecule has 1 amide bonds. The fourth-order valence-electron chi connectivity index (χ4n) is 2.13. The van der Waals surface area contributed by atoms with E-state index in [9.17, 15) is 4.79 Å². The van der Waals surface area contributed by atoms with E-state index in [-0.39, 0.29) is 5.91 Å². The largest absolute Gasteiger partial charge is 0.457 e. The summed E-state index contributed by atoms with van der Waals surface area (Å²) in [5, 5.41) is 0. The molecule has 0 aliphatic carbocycles. The zero-order chi connectivity index (χ0) is 13.8. The van der Waals surface area contributed by atoms with Crippen LogP contribution in [0.25, 0.3) is 0 Å². The van der Waals surface area contributed by atoms with E-state index in [1.165, 1.54) is 6.26 Å². The fraction of sp³-hybridized carbons (Fsp3) is 0.615. The number of hydrogen-bond acceptors (Lipinski definition) is 4. The first-order valence-electron chi connectivity index (χ1n) is 6.47. The van der Waals surface area contributed by atoms with E-state index >= 15 is 0 Å². The Bertz CT molecular complexity index is 425. The average molecular weight is 330 g/mol. The molecule has 0 atom stereocenters. The number of rotatable bonds is 4. The van der Waals surface area contributed by atoms with Gasteiger partial charge in [-0.25, -0.2) is 0 Å². The summed E-state index contributed by atoms with van der Waals surface area (Å²) in [5.74, 6) is 0.0490. The van der Waals surface area contributed by atoms with E-state index in [2.05, 4.69) is 39.8 Å². The van der Waals surface area contributed by atoms with Gasteiger partial charge < -0.3 is 14.2 Å². The van der Waals surface area contributed by atoms with Crippen molar-refractivity contribution in [1.82, 2.24) is 14.7 Å². The maximum Gasteiger partial charge on any atom is 0.258 e. The van der Waals surface area contributed by atoms with Gasteiger partial charge in [0, 0.05) is 39.3 Å². The Morgan fingerprint density at radius 2 is 2.05 bits per heavy atom. The van der Waals surface area contributed by atoms with Crippen LogP contribution in [0.3, 0.4) is 0 Å². The van der Waals surface area contributed by atoms with Crippen molar-refractivity contribution >= 4 is 21.8 Å². The molecule has 5 nitrogen and oxygen atoms in total. The van der Waals surface area contributed by atoms with Crippen molar-refractivity contribution in [1.29, 1.82) is 0 Å². The lowest BCUT2D eigenvalue weighted by molar-refractivity contribution is 0.0628. The summed E-state index contributed by atoms with van der Waals surface area (Å²) in [5.41, 5.74) is 0.613. The number of halogens is 1. The molecule has 1 aliphatic rings. The molecule has 0 saturated carbocycles. The van der Waals surface area contributed by atoms with Gasteiger partial charge in [0.15, 0.2) is 4.67 Å². The summed E-state index contributed by atoms with van der Waals surface area (Å²) < 4.78 is 5.64. The summed E-state index contributed by atoms with van der Waals surface area (Å²) in [6.45, 7) is 5.56. The predicted molar refractivity (Wildman–Crippen MR) is 77.3 cm³/mol. The third-order valence-corrected chi connectivity index (χ3v) is 3.99. The number of hydrogen-bond donors (Lipinski definition) is 0. The topological polar surface area (TPSA) is 39.9 Å². The number of likely N-dealkylation sites (N-methyl/N-ethyl adjacent to an activating group) is 1. The highest BCUT2D eigenvalue weighted by molar-refractivity contribution is 9.10. The van der Waals surface area contributed by atoms with Crippen molar-refractivity contribution in [2.45, 2.75) is 0 Å². The van der Waals surface area contributed by atoms with Crippen LogP contribution in [0.4, 0.5) is 0 Å². The summed E-state index contributed by atoms with van der Waals surface area (Å²) in [4.78, 5) is 18.7. The van der Waals surface area contributed by atoms with Gasteiger partial charge in [-0.15, -0.1) is 0 Å². The van der Waals surface area contributed by atoms with Gasteiger partial charge in [-0.1, -0.05) is 0 Å². The maximum absolute atomic E-state index is 12.3.